The number of benzene rings is 2. The van der Waals surface area contributed by atoms with Gasteiger partial charge in [0.1, 0.15) is 24.2 Å². The highest BCUT2D eigenvalue weighted by molar-refractivity contribution is 5.97. The smallest absolute Gasteiger partial charge is 0.257 e. The highest BCUT2D eigenvalue weighted by Gasteiger charge is 2.28. The molecular formula is C28H36N4O4. The van der Waals surface area contributed by atoms with Crippen molar-refractivity contribution < 1.29 is 19.4 Å². The number of piperidine rings is 1. The Morgan fingerprint density at radius 3 is 2.67 bits per heavy atom. The normalized spacial score (nSPS) is 20.1. The average molecular weight is 493 g/mol. The summed E-state index contributed by atoms with van der Waals surface area (Å²) < 4.78 is 12.1. The van der Waals surface area contributed by atoms with Gasteiger partial charge in [0.2, 0.25) is 0 Å². The molecule has 1 amide bonds. The maximum Gasteiger partial charge on any atom is 0.257 e. The summed E-state index contributed by atoms with van der Waals surface area (Å²) in [5.74, 6) is 1.14. The number of carbonyl (C=O) groups excluding carboxylic acids is 1. The van der Waals surface area contributed by atoms with Crippen molar-refractivity contribution in [1.82, 2.24) is 14.7 Å². The average Bonchev–Trinajstić information content (AvgIpc) is 3.03. The lowest BCUT2D eigenvalue weighted by atomic mass is 10.00. The first-order valence-electron chi connectivity index (χ1n) is 13.0. The lowest BCUT2D eigenvalue weighted by molar-refractivity contribution is 0.0501. The molecule has 8 nitrogen and oxygen atoms in total. The maximum atomic E-state index is 13.3. The van der Waals surface area contributed by atoms with E-state index in [1.54, 1.807) is 11.0 Å². The Labute approximate surface area is 212 Å². The second kappa shape index (κ2) is 11.4. The summed E-state index contributed by atoms with van der Waals surface area (Å²) in [6.45, 7) is 5.92. The van der Waals surface area contributed by atoms with Crippen LogP contribution in [0.25, 0.3) is 0 Å². The third kappa shape index (κ3) is 5.88. The van der Waals surface area contributed by atoms with Gasteiger partial charge in [-0.2, -0.15) is 0 Å². The molecule has 1 saturated heterocycles. The van der Waals surface area contributed by atoms with Gasteiger partial charge in [0, 0.05) is 58.1 Å². The van der Waals surface area contributed by atoms with Crippen LogP contribution in [0.3, 0.4) is 0 Å². The second-order valence-corrected chi connectivity index (χ2v) is 9.99. The summed E-state index contributed by atoms with van der Waals surface area (Å²) in [7, 11) is 0. The first kappa shape index (κ1) is 24.7. The van der Waals surface area contributed by atoms with Crippen molar-refractivity contribution in [2.75, 3.05) is 52.4 Å². The van der Waals surface area contributed by atoms with Gasteiger partial charge in [-0.05, 0) is 42.5 Å². The van der Waals surface area contributed by atoms with Crippen LogP contribution in [-0.2, 0) is 13.0 Å². The van der Waals surface area contributed by atoms with Gasteiger partial charge in [0.05, 0.1) is 18.2 Å². The molecule has 5 rings (SSSR count). The number of ether oxygens (including phenoxy) is 2. The molecule has 0 aliphatic carbocycles. The fraction of sp³-hybridized carbons (Fsp3) is 0.500. The van der Waals surface area contributed by atoms with E-state index in [2.05, 4.69) is 34.1 Å². The predicted molar refractivity (Wildman–Crippen MR) is 138 cm³/mol. The molecule has 3 aliphatic rings. The molecule has 36 heavy (non-hydrogen) atoms. The first-order valence-corrected chi connectivity index (χ1v) is 13.0. The summed E-state index contributed by atoms with van der Waals surface area (Å²) in [5.41, 5.74) is 3.22. The van der Waals surface area contributed by atoms with E-state index in [9.17, 15) is 9.90 Å². The molecule has 2 aromatic rings. The Bertz CT molecular complexity index is 1070. The summed E-state index contributed by atoms with van der Waals surface area (Å²) >= 11 is 0. The van der Waals surface area contributed by atoms with E-state index in [1.807, 2.05) is 12.1 Å². The molecule has 3 heterocycles. The fourth-order valence-corrected chi connectivity index (χ4v) is 5.44. The van der Waals surface area contributed by atoms with Gasteiger partial charge in [-0.3, -0.25) is 14.6 Å². The molecule has 0 bridgehead atoms. The molecule has 0 radical (unpaired) electrons. The number of carbonyl (C=O) groups is 1. The van der Waals surface area contributed by atoms with E-state index < -0.39 is 6.10 Å². The first-order chi connectivity index (χ1) is 17.6. The van der Waals surface area contributed by atoms with Crippen LogP contribution in [-0.4, -0.2) is 96.6 Å². The Morgan fingerprint density at radius 2 is 1.86 bits per heavy atom. The monoisotopic (exact) mass is 492 g/mol. The third-order valence-electron chi connectivity index (χ3n) is 7.39. The summed E-state index contributed by atoms with van der Waals surface area (Å²) in [6.07, 6.45) is 3.76. The van der Waals surface area contributed by atoms with Crippen LogP contribution < -0.4 is 9.47 Å². The standard InChI is InChI=1S/C28H36N4O4/c29-10-14-30-12-8-24(9-13-30)36-25-5-6-26-27(17-25)35-16-15-32(28(26)34)20-23(33)19-31-11-7-21-3-1-2-4-22(21)18-31/h1-6,10,17,23-24,29,33H,7-9,11-16,18-20H2. The van der Waals surface area contributed by atoms with Crippen molar-refractivity contribution in [3.8, 4) is 11.5 Å². The van der Waals surface area contributed by atoms with E-state index in [-0.39, 0.29) is 18.6 Å². The van der Waals surface area contributed by atoms with Crippen LogP contribution in [0.1, 0.15) is 34.3 Å². The van der Waals surface area contributed by atoms with Crippen molar-refractivity contribution in [1.29, 1.82) is 5.41 Å². The van der Waals surface area contributed by atoms with Crippen molar-refractivity contribution in [3.63, 3.8) is 0 Å². The van der Waals surface area contributed by atoms with Crippen molar-refractivity contribution >= 4 is 12.1 Å². The van der Waals surface area contributed by atoms with Crippen LogP contribution in [0.4, 0.5) is 0 Å². The molecular weight excluding hydrogens is 456 g/mol. The molecule has 1 atom stereocenters. The predicted octanol–water partition coefficient (Wildman–Crippen LogP) is 2.43. The molecule has 8 heteroatoms. The van der Waals surface area contributed by atoms with Gasteiger partial charge in [-0.25, -0.2) is 0 Å². The van der Waals surface area contributed by atoms with Gasteiger partial charge in [0.25, 0.3) is 5.91 Å². The molecule has 0 aromatic heterocycles. The van der Waals surface area contributed by atoms with Gasteiger partial charge < -0.3 is 24.9 Å². The summed E-state index contributed by atoms with van der Waals surface area (Å²) in [5, 5.41) is 18.1. The van der Waals surface area contributed by atoms with Crippen molar-refractivity contribution in [3.05, 3.63) is 59.2 Å². The Kier molecular flexibility index (Phi) is 7.84. The number of nitrogens with one attached hydrogen (secondary N) is 1. The Hall–Kier alpha value is -2.94. The number of aliphatic hydroxyl groups excluding tert-OH is 1. The second-order valence-electron chi connectivity index (χ2n) is 9.99. The molecule has 2 N–H and O–H groups in total. The molecule has 0 saturated carbocycles. The fourth-order valence-electron chi connectivity index (χ4n) is 5.44. The topological polar surface area (TPSA) is 89.3 Å². The number of amides is 1. The van der Waals surface area contributed by atoms with E-state index in [0.717, 1.165) is 45.4 Å². The Morgan fingerprint density at radius 1 is 1.06 bits per heavy atom. The number of hydrogen-bond donors (Lipinski definition) is 2. The van der Waals surface area contributed by atoms with E-state index in [0.29, 0.717) is 43.3 Å². The quantitative estimate of drug-likeness (QED) is 0.551. The highest BCUT2D eigenvalue weighted by atomic mass is 16.5. The molecule has 2 aromatic carbocycles. The number of β-amino-alcohol motifs (C(OH)–C–C–N with tert-alkyl or cyclic N) is 1. The van der Waals surface area contributed by atoms with Gasteiger partial charge >= 0.3 is 0 Å². The summed E-state index contributed by atoms with van der Waals surface area (Å²) in [4.78, 5) is 19.5. The third-order valence-corrected chi connectivity index (χ3v) is 7.39. The van der Waals surface area contributed by atoms with Crippen LogP contribution in [0.2, 0.25) is 0 Å². The van der Waals surface area contributed by atoms with Crippen molar-refractivity contribution in [2.45, 2.75) is 38.0 Å². The lowest BCUT2D eigenvalue weighted by Gasteiger charge is -2.32. The van der Waals surface area contributed by atoms with Crippen LogP contribution >= 0.6 is 0 Å². The summed E-state index contributed by atoms with van der Waals surface area (Å²) in [6, 6.07) is 13.9. The van der Waals surface area contributed by atoms with Crippen LogP contribution in [0.15, 0.2) is 42.5 Å². The number of likely N-dealkylation sites (tertiary alicyclic amines) is 1. The van der Waals surface area contributed by atoms with Gasteiger partial charge in [-0.15, -0.1) is 0 Å². The number of hydrogen-bond acceptors (Lipinski definition) is 7. The maximum absolute atomic E-state index is 13.3. The zero-order valence-corrected chi connectivity index (χ0v) is 20.8. The molecule has 1 unspecified atom stereocenters. The number of fused-ring (bicyclic) bond motifs is 2. The molecule has 3 aliphatic heterocycles. The molecule has 192 valence electrons. The van der Waals surface area contributed by atoms with Crippen LogP contribution in [0.5, 0.6) is 11.5 Å². The van der Waals surface area contributed by atoms with E-state index in [1.165, 1.54) is 17.3 Å². The minimum atomic E-state index is -0.623. The van der Waals surface area contributed by atoms with E-state index in [4.69, 9.17) is 14.9 Å². The van der Waals surface area contributed by atoms with E-state index >= 15 is 0 Å². The van der Waals surface area contributed by atoms with Gasteiger partial charge in [-0.1, -0.05) is 24.3 Å². The SMILES string of the molecule is N=CCN1CCC(Oc2ccc3c(c2)OCCN(CC(O)CN2CCc4ccccc4C2)C3=O)CC1. The van der Waals surface area contributed by atoms with Crippen LogP contribution in [0, 0.1) is 5.41 Å². The lowest BCUT2D eigenvalue weighted by Crippen LogP contribution is -2.44. The number of aliphatic hydroxyl groups is 1. The molecule has 1 fully saturated rings. The zero-order valence-electron chi connectivity index (χ0n) is 20.8. The highest BCUT2D eigenvalue weighted by Crippen LogP contribution is 2.30. The minimum Gasteiger partial charge on any atom is -0.491 e. The zero-order chi connectivity index (χ0) is 24.9. The molecule has 0 spiro atoms. The van der Waals surface area contributed by atoms with Gasteiger partial charge in [0.15, 0.2) is 0 Å². The number of nitrogens with zero attached hydrogens (tertiary/aromatic N) is 3. The van der Waals surface area contributed by atoms with Crippen molar-refractivity contribution in [2.24, 2.45) is 0 Å². The largest absolute Gasteiger partial charge is 0.491 e. The minimum absolute atomic E-state index is 0.114. The Balaban J connectivity index is 1.16. The number of rotatable bonds is 8.